The van der Waals surface area contributed by atoms with E-state index in [1.165, 1.54) is 0 Å². The molecule has 1 aliphatic rings. The van der Waals surface area contributed by atoms with Crippen LogP contribution in [0, 0.1) is 0 Å². The zero-order valence-electron chi connectivity index (χ0n) is 15.8. The fourth-order valence-corrected chi connectivity index (χ4v) is 3.16. The molecule has 3 amide bonds. The minimum Gasteiger partial charge on any atom is -0.380 e. The molecule has 0 radical (unpaired) electrons. The maximum absolute atomic E-state index is 12.6. The summed E-state index contributed by atoms with van der Waals surface area (Å²) >= 11 is 0. The summed E-state index contributed by atoms with van der Waals surface area (Å²) in [7, 11) is 1.61. The van der Waals surface area contributed by atoms with E-state index < -0.39 is 6.04 Å². The lowest BCUT2D eigenvalue weighted by molar-refractivity contribution is -0.138. The van der Waals surface area contributed by atoms with Gasteiger partial charge in [0.2, 0.25) is 17.7 Å². The molecular weight excluding hydrogens is 322 g/mol. The van der Waals surface area contributed by atoms with Crippen LogP contribution in [0.15, 0.2) is 0 Å². The summed E-state index contributed by atoms with van der Waals surface area (Å²) in [6.07, 6.45) is 5.45. The predicted molar refractivity (Wildman–Crippen MR) is 95.7 cm³/mol. The molecule has 0 aromatic carbocycles. The molecule has 1 fully saturated rings. The number of nitrogens with zero attached hydrogens (tertiary/aromatic N) is 1. The first-order valence-corrected chi connectivity index (χ1v) is 9.29. The Morgan fingerprint density at radius 2 is 1.96 bits per heavy atom. The summed E-state index contributed by atoms with van der Waals surface area (Å²) in [5.74, 6) is -0.453. The molecule has 0 bridgehead atoms. The fourth-order valence-electron chi connectivity index (χ4n) is 3.16. The highest BCUT2D eigenvalue weighted by Gasteiger charge is 2.39. The third-order valence-electron chi connectivity index (χ3n) is 4.66. The van der Waals surface area contributed by atoms with E-state index in [1.54, 1.807) is 12.0 Å². The molecule has 25 heavy (non-hydrogen) atoms. The summed E-state index contributed by atoms with van der Waals surface area (Å²) in [4.78, 5) is 37.5. The quantitative estimate of drug-likeness (QED) is 0.546. The van der Waals surface area contributed by atoms with Crippen molar-refractivity contribution >= 4 is 17.7 Å². The van der Waals surface area contributed by atoms with Crippen LogP contribution in [0.3, 0.4) is 0 Å². The van der Waals surface area contributed by atoms with Crippen molar-refractivity contribution in [1.82, 2.24) is 10.2 Å². The molecule has 1 aliphatic heterocycles. The van der Waals surface area contributed by atoms with E-state index in [1.807, 2.05) is 6.92 Å². The number of nitrogens with two attached hydrogens (primary N) is 1. The summed E-state index contributed by atoms with van der Waals surface area (Å²) < 4.78 is 5.37. The van der Waals surface area contributed by atoms with Crippen LogP contribution in [0.4, 0.5) is 0 Å². The molecular formula is C18H33N3O4. The van der Waals surface area contributed by atoms with E-state index in [-0.39, 0.29) is 29.9 Å². The van der Waals surface area contributed by atoms with E-state index in [9.17, 15) is 14.4 Å². The molecule has 3 unspecified atom stereocenters. The molecule has 7 nitrogen and oxygen atoms in total. The van der Waals surface area contributed by atoms with Gasteiger partial charge in [-0.15, -0.1) is 0 Å². The van der Waals surface area contributed by atoms with Crippen molar-refractivity contribution in [2.75, 3.05) is 13.7 Å². The van der Waals surface area contributed by atoms with Crippen LogP contribution in [0.1, 0.15) is 65.2 Å². The average Bonchev–Trinajstić information content (AvgIpc) is 2.99. The number of hydrogen-bond acceptors (Lipinski definition) is 4. The number of primary amides is 1. The van der Waals surface area contributed by atoms with Gasteiger partial charge in [-0.3, -0.25) is 14.4 Å². The SMILES string of the molecule is CCCCCC(=O)N1CC(OC)CC1C(=O)NC(C)CCCC(N)=O. The molecule has 3 atom stereocenters. The topological polar surface area (TPSA) is 102 Å². The highest BCUT2D eigenvalue weighted by molar-refractivity contribution is 5.88. The lowest BCUT2D eigenvalue weighted by Crippen LogP contribution is -2.48. The second-order valence-electron chi connectivity index (χ2n) is 6.88. The fraction of sp³-hybridized carbons (Fsp3) is 0.833. The molecule has 144 valence electrons. The van der Waals surface area contributed by atoms with Gasteiger partial charge in [0.15, 0.2) is 0 Å². The standard InChI is InChI=1S/C18H33N3O4/c1-4-5-6-10-17(23)21-12-14(25-3)11-15(21)18(24)20-13(2)8-7-9-16(19)22/h13-15H,4-12H2,1-3H3,(H2,19,22)(H,20,24). The number of likely N-dealkylation sites (tertiary alicyclic amines) is 1. The second-order valence-corrected chi connectivity index (χ2v) is 6.88. The van der Waals surface area contributed by atoms with Gasteiger partial charge in [0.25, 0.3) is 0 Å². The molecule has 0 saturated carbocycles. The molecule has 1 heterocycles. The van der Waals surface area contributed by atoms with Crippen molar-refractivity contribution in [3.05, 3.63) is 0 Å². The number of unbranched alkanes of at least 4 members (excludes halogenated alkanes) is 2. The Morgan fingerprint density at radius 1 is 1.24 bits per heavy atom. The maximum Gasteiger partial charge on any atom is 0.243 e. The van der Waals surface area contributed by atoms with Crippen LogP contribution in [0.2, 0.25) is 0 Å². The van der Waals surface area contributed by atoms with E-state index in [0.29, 0.717) is 38.6 Å². The predicted octanol–water partition coefficient (Wildman–Crippen LogP) is 1.34. The van der Waals surface area contributed by atoms with E-state index >= 15 is 0 Å². The zero-order chi connectivity index (χ0) is 18.8. The van der Waals surface area contributed by atoms with Crippen LogP contribution >= 0.6 is 0 Å². The van der Waals surface area contributed by atoms with Crippen molar-refractivity contribution in [3.8, 4) is 0 Å². The van der Waals surface area contributed by atoms with Gasteiger partial charge in [-0.05, 0) is 26.2 Å². The smallest absolute Gasteiger partial charge is 0.243 e. The normalized spacial score (nSPS) is 21.2. The number of rotatable bonds is 11. The van der Waals surface area contributed by atoms with Crippen LogP contribution in [0.25, 0.3) is 0 Å². The minimum absolute atomic E-state index is 0.0227. The first kappa shape index (κ1) is 21.4. The molecule has 1 saturated heterocycles. The Morgan fingerprint density at radius 3 is 2.56 bits per heavy atom. The molecule has 7 heteroatoms. The molecule has 0 aromatic heterocycles. The average molecular weight is 355 g/mol. The first-order chi connectivity index (χ1) is 11.9. The second kappa shape index (κ2) is 11.1. The molecule has 0 aliphatic carbocycles. The molecule has 3 N–H and O–H groups in total. The third-order valence-corrected chi connectivity index (χ3v) is 4.66. The van der Waals surface area contributed by atoms with Crippen molar-refractivity contribution < 1.29 is 19.1 Å². The Bertz CT molecular complexity index is 456. The lowest BCUT2D eigenvalue weighted by Gasteiger charge is -2.25. The van der Waals surface area contributed by atoms with Crippen LogP contribution < -0.4 is 11.1 Å². The number of ether oxygens (including phenoxy) is 1. The van der Waals surface area contributed by atoms with Gasteiger partial charge in [0, 0.05) is 39.0 Å². The van der Waals surface area contributed by atoms with Gasteiger partial charge in [0.05, 0.1) is 6.10 Å². The van der Waals surface area contributed by atoms with Gasteiger partial charge in [0.1, 0.15) is 6.04 Å². The van der Waals surface area contributed by atoms with E-state index in [2.05, 4.69) is 12.2 Å². The zero-order valence-corrected chi connectivity index (χ0v) is 15.8. The van der Waals surface area contributed by atoms with Gasteiger partial charge >= 0.3 is 0 Å². The first-order valence-electron chi connectivity index (χ1n) is 9.29. The van der Waals surface area contributed by atoms with Gasteiger partial charge in [-0.25, -0.2) is 0 Å². The van der Waals surface area contributed by atoms with Crippen molar-refractivity contribution in [3.63, 3.8) is 0 Å². The summed E-state index contributed by atoms with van der Waals surface area (Å²) in [6.45, 7) is 4.46. The Hall–Kier alpha value is -1.63. The summed E-state index contributed by atoms with van der Waals surface area (Å²) in [5, 5.41) is 2.95. The van der Waals surface area contributed by atoms with Crippen LogP contribution in [-0.4, -0.2) is 54.5 Å². The number of nitrogens with one attached hydrogen (secondary N) is 1. The van der Waals surface area contributed by atoms with E-state index in [4.69, 9.17) is 10.5 Å². The van der Waals surface area contributed by atoms with Crippen molar-refractivity contribution in [1.29, 1.82) is 0 Å². The lowest BCUT2D eigenvalue weighted by atomic mass is 10.1. The number of methoxy groups -OCH3 is 1. The minimum atomic E-state index is -0.474. The highest BCUT2D eigenvalue weighted by atomic mass is 16.5. The molecule has 0 spiro atoms. The largest absolute Gasteiger partial charge is 0.380 e. The molecule has 0 aromatic rings. The van der Waals surface area contributed by atoms with Crippen LogP contribution in [0.5, 0.6) is 0 Å². The highest BCUT2D eigenvalue weighted by Crippen LogP contribution is 2.22. The number of hydrogen-bond donors (Lipinski definition) is 2. The van der Waals surface area contributed by atoms with Gasteiger partial charge in [-0.2, -0.15) is 0 Å². The maximum atomic E-state index is 12.6. The Kier molecular flexibility index (Phi) is 9.49. The number of carbonyl (C=O) groups excluding carboxylic acids is 3. The van der Waals surface area contributed by atoms with Gasteiger partial charge < -0.3 is 20.7 Å². The third kappa shape index (κ3) is 7.42. The monoisotopic (exact) mass is 355 g/mol. The number of carbonyl (C=O) groups is 3. The number of amides is 3. The Labute approximate surface area is 150 Å². The van der Waals surface area contributed by atoms with Crippen LogP contribution in [-0.2, 0) is 19.1 Å². The van der Waals surface area contributed by atoms with E-state index in [0.717, 1.165) is 19.3 Å². The van der Waals surface area contributed by atoms with Crippen molar-refractivity contribution in [2.45, 2.75) is 83.4 Å². The summed E-state index contributed by atoms with van der Waals surface area (Å²) in [6, 6.07) is -0.539. The van der Waals surface area contributed by atoms with Gasteiger partial charge in [-0.1, -0.05) is 19.8 Å². The summed E-state index contributed by atoms with van der Waals surface area (Å²) in [5.41, 5.74) is 5.13. The molecule has 1 rings (SSSR count). The Balaban J connectivity index is 2.56. The van der Waals surface area contributed by atoms with Crippen molar-refractivity contribution in [2.24, 2.45) is 5.73 Å².